The summed E-state index contributed by atoms with van der Waals surface area (Å²) in [5.41, 5.74) is 0.744. The first-order valence-electron chi connectivity index (χ1n) is 14.8. The smallest absolute Gasteiger partial charge is 0.308 e. The summed E-state index contributed by atoms with van der Waals surface area (Å²) in [5, 5.41) is 0. The van der Waals surface area contributed by atoms with Crippen LogP contribution in [0.3, 0.4) is 0 Å². The average Bonchev–Trinajstić information content (AvgIpc) is 3.11. The van der Waals surface area contributed by atoms with Crippen molar-refractivity contribution in [3.05, 3.63) is 0 Å². The Hall–Kier alpha value is -0.530. The molecule has 0 aromatic carbocycles. The van der Waals surface area contributed by atoms with Gasteiger partial charge < -0.3 is 4.74 Å². The van der Waals surface area contributed by atoms with Gasteiger partial charge in [0, 0.05) is 5.41 Å². The van der Waals surface area contributed by atoms with Crippen molar-refractivity contribution in [3.8, 4) is 0 Å². The minimum atomic E-state index is -0.0178. The normalized spacial score (nSPS) is 43.7. The Morgan fingerprint density at radius 1 is 0.879 bits per heavy atom. The maximum Gasteiger partial charge on any atom is 0.308 e. The quantitative estimate of drug-likeness (QED) is 0.357. The van der Waals surface area contributed by atoms with E-state index < -0.39 is 0 Å². The SMILES string of the molecule is CC(C)CCC[C@H](C)[C@@H]1CC[C@H]2[C@H]3CC[C@H]4CCCC(OC(=O)C(C)C)[C@]4(C)[C@H]3CC[C@@]21C. The molecule has 4 aliphatic rings. The Morgan fingerprint density at radius 3 is 2.33 bits per heavy atom. The molecule has 190 valence electrons. The third-order valence-corrected chi connectivity index (χ3v) is 11.6. The molecule has 0 saturated heterocycles. The van der Waals surface area contributed by atoms with E-state index in [0.717, 1.165) is 47.8 Å². The lowest BCUT2D eigenvalue weighted by atomic mass is 9.44. The molecule has 4 rings (SSSR count). The van der Waals surface area contributed by atoms with E-state index in [1.165, 1.54) is 70.6 Å². The lowest BCUT2D eigenvalue weighted by Crippen LogP contribution is -2.58. The van der Waals surface area contributed by atoms with Gasteiger partial charge in [-0.2, -0.15) is 0 Å². The van der Waals surface area contributed by atoms with Crippen LogP contribution < -0.4 is 0 Å². The maximum atomic E-state index is 12.6. The number of carbonyl (C=O) groups excluding carboxylic acids is 1. The van der Waals surface area contributed by atoms with Crippen LogP contribution in [-0.2, 0) is 9.53 Å². The van der Waals surface area contributed by atoms with Gasteiger partial charge in [-0.3, -0.25) is 4.79 Å². The van der Waals surface area contributed by atoms with E-state index in [1.807, 2.05) is 13.8 Å². The summed E-state index contributed by atoms with van der Waals surface area (Å²) in [6.07, 6.45) is 16.5. The summed E-state index contributed by atoms with van der Waals surface area (Å²) in [6, 6.07) is 0. The van der Waals surface area contributed by atoms with Crippen molar-refractivity contribution >= 4 is 5.97 Å². The molecule has 0 amide bonds. The van der Waals surface area contributed by atoms with E-state index in [9.17, 15) is 4.79 Å². The van der Waals surface area contributed by atoms with Crippen LogP contribution in [0, 0.1) is 58.2 Å². The summed E-state index contributed by atoms with van der Waals surface area (Å²) in [6.45, 7) is 16.5. The fourth-order valence-corrected chi connectivity index (χ4v) is 9.77. The molecule has 0 aliphatic heterocycles. The van der Waals surface area contributed by atoms with Crippen LogP contribution in [-0.4, -0.2) is 12.1 Å². The molecular weight excluding hydrogens is 404 g/mol. The van der Waals surface area contributed by atoms with Crippen molar-refractivity contribution in [2.75, 3.05) is 0 Å². The third kappa shape index (κ3) is 4.55. The molecule has 0 spiro atoms. The molecule has 0 N–H and O–H groups in total. The van der Waals surface area contributed by atoms with E-state index >= 15 is 0 Å². The summed E-state index contributed by atoms with van der Waals surface area (Å²) >= 11 is 0. The molecule has 9 atom stereocenters. The third-order valence-electron chi connectivity index (χ3n) is 11.6. The largest absolute Gasteiger partial charge is 0.462 e. The first kappa shape index (κ1) is 25.6. The van der Waals surface area contributed by atoms with Crippen LogP contribution in [0.25, 0.3) is 0 Å². The van der Waals surface area contributed by atoms with Crippen molar-refractivity contribution in [1.29, 1.82) is 0 Å². The number of esters is 1. The average molecular weight is 459 g/mol. The Morgan fingerprint density at radius 2 is 1.64 bits per heavy atom. The van der Waals surface area contributed by atoms with Crippen LogP contribution in [0.1, 0.15) is 126 Å². The standard InChI is InChI=1S/C31H54O2/c1-20(2)10-8-11-22(5)25-16-17-26-24-15-14-23-12-9-13-28(33-29(32)21(3)4)31(23,7)27(24)18-19-30(25,26)6/h20-28H,8-19H2,1-7H3/t22-,23+,24+,25-,26-,27-,28?,30+,31-/m0/s1. The monoisotopic (exact) mass is 458 g/mol. The van der Waals surface area contributed by atoms with Gasteiger partial charge in [0.25, 0.3) is 0 Å². The maximum absolute atomic E-state index is 12.6. The van der Waals surface area contributed by atoms with Crippen molar-refractivity contribution in [2.24, 2.45) is 58.2 Å². The molecule has 0 bridgehead atoms. The number of hydrogen-bond donors (Lipinski definition) is 0. The highest BCUT2D eigenvalue weighted by Gasteiger charge is 2.62. The minimum absolute atomic E-state index is 0.0178. The number of rotatable bonds is 7. The highest BCUT2D eigenvalue weighted by atomic mass is 16.5. The number of fused-ring (bicyclic) bond motifs is 5. The van der Waals surface area contributed by atoms with Gasteiger partial charge in [0.2, 0.25) is 0 Å². The second-order valence-corrected chi connectivity index (χ2v) is 14.1. The van der Waals surface area contributed by atoms with Crippen molar-refractivity contribution in [3.63, 3.8) is 0 Å². The van der Waals surface area contributed by atoms with Crippen molar-refractivity contribution < 1.29 is 9.53 Å². The summed E-state index contributed by atoms with van der Waals surface area (Å²) in [5.74, 6) is 5.91. The van der Waals surface area contributed by atoms with Crippen LogP contribution in [0.15, 0.2) is 0 Å². The first-order chi connectivity index (χ1) is 15.6. The second-order valence-electron chi connectivity index (χ2n) is 14.1. The van der Waals surface area contributed by atoms with Crippen LogP contribution in [0.4, 0.5) is 0 Å². The Bertz CT molecular complexity index is 682. The molecule has 4 fully saturated rings. The van der Waals surface area contributed by atoms with Gasteiger partial charge in [0.1, 0.15) is 6.10 Å². The highest BCUT2D eigenvalue weighted by molar-refractivity contribution is 5.71. The van der Waals surface area contributed by atoms with Crippen LogP contribution in [0.2, 0.25) is 0 Å². The predicted octanol–water partition coefficient (Wildman–Crippen LogP) is 8.68. The molecule has 33 heavy (non-hydrogen) atoms. The van der Waals surface area contributed by atoms with Gasteiger partial charge >= 0.3 is 5.97 Å². The van der Waals surface area contributed by atoms with Crippen LogP contribution >= 0.6 is 0 Å². The highest BCUT2D eigenvalue weighted by Crippen LogP contribution is 2.68. The van der Waals surface area contributed by atoms with Gasteiger partial charge in [0.05, 0.1) is 5.92 Å². The van der Waals surface area contributed by atoms with E-state index in [2.05, 4.69) is 34.6 Å². The van der Waals surface area contributed by atoms with Gasteiger partial charge in [-0.15, -0.1) is 0 Å². The number of ether oxygens (including phenoxy) is 1. The van der Waals surface area contributed by atoms with E-state index in [0.29, 0.717) is 5.41 Å². The molecule has 4 aliphatic carbocycles. The summed E-state index contributed by atoms with van der Waals surface area (Å²) in [7, 11) is 0. The van der Waals surface area contributed by atoms with E-state index in [1.54, 1.807) is 0 Å². The van der Waals surface area contributed by atoms with Crippen molar-refractivity contribution in [1.82, 2.24) is 0 Å². The van der Waals surface area contributed by atoms with Crippen LogP contribution in [0.5, 0.6) is 0 Å². The van der Waals surface area contributed by atoms with Gasteiger partial charge in [0.15, 0.2) is 0 Å². The zero-order chi connectivity index (χ0) is 24.0. The molecule has 0 aromatic heterocycles. The zero-order valence-electron chi connectivity index (χ0n) is 23.0. The molecule has 0 radical (unpaired) electrons. The zero-order valence-corrected chi connectivity index (χ0v) is 23.0. The molecule has 0 heterocycles. The van der Waals surface area contributed by atoms with Gasteiger partial charge in [-0.25, -0.2) is 0 Å². The number of hydrogen-bond acceptors (Lipinski definition) is 2. The topological polar surface area (TPSA) is 26.3 Å². The van der Waals surface area contributed by atoms with Gasteiger partial charge in [-0.05, 0) is 105 Å². The van der Waals surface area contributed by atoms with Crippen molar-refractivity contribution in [2.45, 2.75) is 132 Å². The molecule has 1 unspecified atom stereocenters. The fourth-order valence-electron chi connectivity index (χ4n) is 9.77. The Kier molecular flexibility index (Phi) is 7.63. The first-order valence-corrected chi connectivity index (χ1v) is 14.8. The van der Waals surface area contributed by atoms with E-state index in [-0.39, 0.29) is 23.4 Å². The van der Waals surface area contributed by atoms with Gasteiger partial charge in [-0.1, -0.05) is 67.7 Å². The Balaban J connectivity index is 1.51. The fraction of sp³-hybridized carbons (Fsp3) is 0.968. The lowest BCUT2D eigenvalue weighted by Gasteiger charge is -2.62. The summed E-state index contributed by atoms with van der Waals surface area (Å²) in [4.78, 5) is 12.6. The molecule has 0 aromatic rings. The predicted molar refractivity (Wildman–Crippen MR) is 138 cm³/mol. The minimum Gasteiger partial charge on any atom is -0.462 e. The summed E-state index contributed by atoms with van der Waals surface area (Å²) < 4.78 is 6.29. The lowest BCUT2D eigenvalue weighted by molar-refractivity contribution is -0.194. The molecule has 2 nitrogen and oxygen atoms in total. The van der Waals surface area contributed by atoms with E-state index in [4.69, 9.17) is 4.74 Å². The molecule has 4 saturated carbocycles. The Labute approximate surface area is 205 Å². The second kappa shape index (κ2) is 9.85. The molecule has 2 heteroatoms. The number of carbonyl (C=O) groups is 1. The molecular formula is C31H54O2.